The molecule has 210 valence electrons. The number of aromatic nitrogens is 3. The molecule has 1 atom stereocenters. The van der Waals surface area contributed by atoms with Crippen LogP contribution in [0.15, 0.2) is 72.9 Å². The van der Waals surface area contributed by atoms with Crippen molar-refractivity contribution in [3.63, 3.8) is 0 Å². The number of likely N-dealkylation sites (tertiary alicyclic amines) is 1. The molecule has 2 aromatic heterocycles. The third kappa shape index (κ3) is 6.73. The molecule has 1 aliphatic heterocycles. The highest BCUT2D eigenvalue weighted by atomic mass is 32.3. The summed E-state index contributed by atoms with van der Waals surface area (Å²) in [7, 11) is -4.67. The van der Waals surface area contributed by atoms with Gasteiger partial charge in [0.2, 0.25) is 0 Å². The van der Waals surface area contributed by atoms with Crippen LogP contribution < -0.4 is 4.74 Å². The fraction of sp³-hybridized carbons (Fsp3) is 0.286. The molecule has 0 saturated carbocycles. The van der Waals surface area contributed by atoms with Gasteiger partial charge >= 0.3 is 10.4 Å². The van der Waals surface area contributed by atoms with Crippen molar-refractivity contribution >= 4 is 43.2 Å². The van der Waals surface area contributed by atoms with E-state index in [1.54, 1.807) is 6.20 Å². The fourth-order valence-corrected chi connectivity index (χ4v) is 5.01. The van der Waals surface area contributed by atoms with Crippen LogP contribution in [0.25, 0.3) is 32.8 Å². The summed E-state index contributed by atoms with van der Waals surface area (Å²) in [5.74, 6) is 0.728. The largest absolute Gasteiger partial charge is 0.491 e. The van der Waals surface area contributed by atoms with Crippen molar-refractivity contribution in [1.82, 2.24) is 19.9 Å². The molecule has 3 aromatic carbocycles. The van der Waals surface area contributed by atoms with Gasteiger partial charge in [-0.25, -0.2) is 4.98 Å². The summed E-state index contributed by atoms with van der Waals surface area (Å²) in [4.78, 5) is 14.7. The maximum absolute atomic E-state index is 11.2. The van der Waals surface area contributed by atoms with E-state index in [1.807, 2.05) is 48.5 Å². The zero-order valence-electron chi connectivity index (χ0n) is 21.5. The van der Waals surface area contributed by atoms with Gasteiger partial charge in [-0.1, -0.05) is 30.3 Å². The lowest BCUT2D eigenvalue weighted by Gasteiger charge is -2.38. The van der Waals surface area contributed by atoms with Crippen molar-refractivity contribution < 1.29 is 32.5 Å². The molecule has 1 aliphatic rings. The predicted molar refractivity (Wildman–Crippen MR) is 151 cm³/mol. The molecular formula is C28H30N4O7S. The Balaban J connectivity index is 0.000000595. The van der Waals surface area contributed by atoms with Gasteiger partial charge in [-0.15, -0.1) is 0 Å². The van der Waals surface area contributed by atoms with E-state index < -0.39 is 22.1 Å². The van der Waals surface area contributed by atoms with Crippen LogP contribution in [0.4, 0.5) is 0 Å². The molecule has 11 nitrogen and oxygen atoms in total. The summed E-state index contributed by atoms with van der Waals surface area (Å²) in [6, 6.07) is 21.9. The summed E-state index contributed by atoms with van der Waals surface area (Å²) >= 11 is 0. The molecule has 0 aliphatic carbocycles. The van der Waals surface area contributed by atoms with Crippen molar-refractivity contribution in [2.75, 3.05) is 26.2 Å². The lowest BCUT2D eigenvalue weighted by Crippen LogP contribution is -2.46. The Bertz CT molecular complexity index is 1730. The van der Waals surface area contributed by atoms with Crippen molar-refractivity contribution in [2.24, 2.45) is 0 Å². The van der Waals surface area contributed by atoms with Gasteiger partial charge in [0.25, 0.3) is 0 Å². The van der Waals surface area contributed by atoms with Crippen molar-refractivity contribution in [2.45, 2.75) is 24.5 Å². The maximum atomic E-state index is 11.2. The van der Waals surface area contributed by atoms with E-state index in [-0.39, 0.29) is 6.61 Å². The van der Waals surface area contributed by atoms with E-state index >= 15 is 0 Å². The van der Waals surface area contributed by atoms with Gasteiger partial charge in [0, 0.05) is 42.0 Å². The fourth-order valence-electron chi connectivity index (χ4n) is 5.01. The quantitative estimate of drug-likeness (QED) is 0.192. The third-order valence-corrected chi connectivity index (χ3v) is 7.00. The van der Waals surface area contributed by atoms with Gasteiger partial charge in [0.05, 0.1) is 28.4 Å². The second kappa shape index (κ2) is 11.5. The minimum Gasteiger partial charge on any atom is -0.491 e. The van der Waals surface area contributed by atoms with Gasteiger partial charge in [-0.2, -0.15) is 8.42 Å². The number of piperidine rings is 1. The van der Waals surface area contributed by atoms with E-state index in [2.05, 4.69) is 38.1 Å². The number of β-amino-alcohol motifs (C(OH)–C–C–N with tert-alkyl or cyclic N) is 1. The summed E-state index contributed by atoms with van der Waals surface area (Å²) in [6.07, 6.45) is 2.15. The molecule has 6 rings (SSSR count). The Kier molecular flexibility index (Phi) is 7.99. The SMILES string of the molecule is O=S(=O)(O)O.O[C@@H](COc1ccc2c(c1)[nH]c1ccccc12)CN1CCC(O)(c2cnc3ccccc3n2)CC1. The highest BCUT2D eigenvalue weighted by Crippen LogP contribution is 2.32. The first-order chi connectivity index (χ1) is 19.1. The minimum atomic E-state index is -4.67. The molecule has 0 unspecified atom stereocenters. The number of benzene rings is 3. The van der Waals surface area contributed by atoms with Crippen LogP contribution in [-0.2, 0) is 16.0 Å². The predicted octanol–water partition coefficient (Wildman–Crippen LogP) is 3.33. The lowest BCUT2D eigenvalue weighted by molar-refractivity contribution is -0.0401. The molecule has 0 spiro atoms. The normalized spacial score (nSPS) is 16.5. The smallest absolute Gasteiger partial charge is 0.394 e. The number of ether oxygens (including phenoxy) is 1. The molecule has 0 bridgehead atoms. The third-order valence-electron chi connectivity index (χ3n) is 7.00. The zero-order valence-corrected chi connectivity index (χ0v) is 22.3. The average Bonchev–Trinajstić information content (AvgIpc) is 3.30. The second-order valence-electron chi connectivity index (χ2n) is 9.87. The average molecular weight is 567 g/mol. The van der Waals surface area contributed by atoms with Crippen LogP contribution in [0.1, 0.15) is 18.5 Å². The highest BCUT2D eigenvalue weighted by molar-refractivity contribution is 7.79. The number of nitrogens with one attached hydrogen (secondary N) is 1. The van der Waals surface area contributed by atoms with Gasteiger partial charge < -0.3 is 24.8 Å². The molecule has 1 fully saturated rings. The molecule has 40 heavy (non-hydrogen) atoms. The number of rotatable bonds is 6. The zero-order chi connectivity index (χ0) is 28.3. The van der Waals surface area contributed by atoms with Crippen LogP contribution in [0.3, 0.4) is 0 Å². The number of hydrogen-bond donors (Lipinski definition) is 5. The Morgan fingerprint density at radius 2 is 1.60 bits per heavy atom. The van der Waals surface area contributed by atoms with Crippen molar-refractivity contribution in [3.8, 4) is 5.75 Å². The first-order valence-corrected chi connectivity index (χ1v) is 14.2. The number of aliphatic hydroxyl groups excluding tert-OH is 1. The van der Waals surface area contributed by atoms with Crippen LogP contribution in [0.2, 0.25) is 0 Å². The number of nitrogens with zero attached hydrogens (tertiary/aromatic N) is 3. The van der Waals surface area contributed by atoms with Crippen LogP contribution in [-0.4, -0.2) is 79.9 Å². The van der Waals surface area contributed by atoms with Crippen LogP contribution >= 0.6 is 0 Å². The number of para-hydroxylation sites is 3. The Morgan fingerprint density at radius 3 is 2.35 bits per heavy atom. The molecule has 5 aromatic rings. The summed E-state index contributed by atoms with van der Waals surface area (Å²) in [6.45, 7) is 2.04. The Labute approximate surface area is 230 Å². The van der Waals surface area contributed by atoms with Crippen LogP contribution in [0.5, 0.6) is 5.75 Å². The van der Waals surface area contributed by atoms with Crippen molar-refractivity contribution in [1.29, 1.82) is 0 Å². The topological polar surface area (TPSA) is 169 Å². The van der Waals surface area contributed by atoms with E-state index in [4.69, 9.17) is 22.3 Å². The standard InChI is InChI=1S/C28H28N4O3.H2O4S/c33-19(18-35-20-9-10-22-21-5-1-2-6-23(21)30-26(22)15-20)17-32-13-11-28(34,12-14-32)27-16-29-24-7-3-4-8-25(24)31-27;1-5(2,3)4/h1-10,15-16,19,30,33-34H,11-14,17-18H2;(H2,1,2,3,4)/t19-;/m1./s1. The van der Waals surface area contributed by atoms with Gasteiger partial charge in [0.1, 0.15) is 24.1 Å². The number of fused-ring (bicyclic) bond motifs is 4. The highest BCUT2D eigenvalue weighted by Gasteiger charge is 2.36. The summed E-state index contributed by atoms with van der Waals surface area (Å²) in [5.41, 5.74) is 3.35. The first kappa shape index (κ1) is 27.9. The Morgan fingerprint density at radius 1 is 0.950 bits per heavy atom. The molecular weight excluding hydrogens is 536 g/mol. The first-order valence-electron chi connectivity index (χ1n) is 12.8. The summed E-state index contributed by atoms with van der Waals surface area (Å²) < 4.78 is 37.5. The van der Waals surface area contributed by atoms with Crippen LogP contribution in [0, 0.1) is 0 Å². The monoisotopic (exact) mass is 566 g/mol. The molecule has 5 N–H and O–H groups in total. The molecule has 1 saturated heterocycles. The van der Waals surface area contributed by atoms with E-state index in [1.165, 1.54) is 5.39 Å². The maximum Gasteiger partial charge on any atom is 0.394 e. The lowest BCUT2D eigenvalue weighted by atomic mass is 9.88. The van der Waals surface area contributed by atoms with E-state index in [0.717, 1.165) is 33.2 Å². The number of hydrogen-bond acceptors (Lipinski definition) is 8. The van der Waals surface area contributed by atoms with Gasteiger partial charge in [-0.05, 0) is 43.2 Å². The molecule has 3 heterocycles. The summed E-state index contributed by atoms with van der Waals surface area (Å²) in [5, 5.41) is 24.2. The van der Waals surface area contributed by atoms with Crippen molar-refractivity contribution in [3.05, 3.63) is 78.6 Å². The van der Waals surface area contributed by atoms with Gasteiger partial charge in [-0.3, -0.25) is 14.1 Å². The number of aliphatic hydroxyl groups is 2. The molecule has 12 heteroatoms. The number of H-pyrrole nitrogens is 1. The van der Waals surface area contributed by atoms with E-state index in [0.29, 0.717) is 38.2 Å². The van der Waals surface area contributed by atoms with Gasteiger partial charge in [0.15, 0.2) is 0 Å². The van der Waals surface area contributed by atoms with E-state index in [9.17, 15) is 10.2 Å². The molecule has 0 amide bonds. The Hall–Kier alpha value is -3.65. The second-order valence-corrected chi connectivity index (χ2v) is 10.8. The minimum absolute atomic E-state index is 0.211. The number of aromatic amines is 1. The molecule has 0 radical (unpaired) electrons.